The molecule has 0 aliphatic carbocycles. The van der Waals surface area contributed by atoms with E-state index in [0.29, 0.717) is 12.8 Å². The fourth-order valence-electron chi connectivity index (χ4n) is 1.18. The molecule has 0 aromatic heterocycles. The van der Waals surface area contributed by atoms with Gasteiger partial charge in [0.25, 0.3) is 0 Å². The fraction of sp³-hybridized carbons (Fsp3) is 0.900. The van der Waals surface area contributed by atoms with E-state index >= 15 is 0 Å². The maximum Gasteiger partial charge on any atom is 0.222 e. The third kappa shape index (κ3) is 6.86. The number of rotatable bonds is 8. The summed E-state index contributed by atoms with van der Waals surface area (Å²) in [5.41, 5.74) is 0. The van der Waals surface area contributed by atoms with E-state index in [-0.39, 0.29) is 19.1 Å². The van der Waals surface area contributed by atoms with Gasteiger partial charge in [0, 0.05) is 33.2 Å². The molecule has 0 spiro atoms. The first kappa shape index (κ1) is 13.4. The van der Waals surface area contributed by atoms with Crippen LogP contribution in [0.2, 0.25) is 0 Å². The Morgan fingerprint density at radius 1 is 1.07 bits per heavy atom. The average molecular weight is 203 g/mol. The van der Waals surface area contributed by atoms with Gasteiger partial charge in [0.1, 0.15) is 0 Å². The van der Waals surface area contributed by atoms with Gasteiger partial charge in [-0.25, -0.2) is 0 Å². The van der Waals surface area contributed by atoms with Crippen molar-refractivity contribution in [2.24, 2.45) is 0 Å². The lowest BCUT2D eigenvalue weighted by Crippen LogP contribution is -2.27. The number of aliphatic hydroxyl groups excluding tert-OH is 2. The highest BCUT2D eigenvalue weighted by atomic mass is 16.3. The first-order valence-electron chi connectivity index (χ1n) is 5.18. The molecule has 0 heterocycles. The minimum atomic E-state index is 0.0735. The number of hydrogen-bond acceptors (Lipinski definition) is 3. The van der Waals surface area contributed by atoms with Gasteiger partial charge >= 0.3 is 0 Å². The second-order valence-corrected chi connectivity index (χ2v) is 3.43. The molecule has 0 aromatic carbocycles. The number of aliphatic hydroxyl groups is 2. The zero-order valence-corrected chi connectivity index (χ0v) is 8.91. The molecule has 0 rings (SSSR count). The van der Waals surface area contributed by atoms with Gasteiger partial charge in [-0.1, -0.05) is 0 Å². The van der Waals surface area contributed by atoms with Crippen LogP contribution in [-0.2, 0) is 4.79 Å². The largest absolute Gasteiger partial charge is 0.396 e. The van der Waals surface area contributed by atoms with Gasteiger partial charge in [0.15, 0.2) is 0 Å². The summed E-state index contributed by atoms with van der Waals surface area (Å²) in [4.78, 5) is 13.0. The minimum absolute atomic E-state index is 0.0735. The van der Waals surface area contributed by atoms with Crippen LogP contribution < -0.4 is 0 Å². The van der Waals surface area contributed by atoms with Crippen LogP contribution in [0.25, 0.3) is 0 Å². The van der Waals surface area contributed by atoms with Crippen LogP contribution in [-0.4, -0.2) is 47.8 Å². The Bertz CT molecular complexity index is 150. The summed E-state index contributed by atoms with van der Waals surface area (Å²) in [7, 11) is 1.78. The molecule has 0 saturated heterocycles. The Labute approximate surface area is 85.5 Å². The minimum Gasteiger partial charge on any atom is -0.396 e. The maximum atomic E-state index is 11.3. The molecule has 14 heavy (non-hydrogen) atoms. The van der Waals surface area contributed by atoms with Crippen molar-refractivity contribution in [3.05, 3.63) is 0 Å². The molecule has 2 N–H and O–H groups in total. The molecule has 0 atom stereocenters. The van der Waals surface area contributed by atoms with Crippen LogP contribution in [0.3, 0.4) is 0 Å². The summed E-state index contributed by atoms with van der Waals surface area (Å²) in [6.45, 7) is 1.04. The van der Waals surface area contributed by atoms with E-state index in [1.54, 1.807) is 11.9 Å². The quantitative estimate of drug-likeness (QED) is 0.561. The Balaban J connectivity index is 3.42. The van der Waals surface area contributed by atoms with Crippen LogP contribution in [0, 0.1) is 0 Å². The summed E-state index contributed by atoms with van der Waals surface area (Å²) in [5.74, 6) is 0.0862. The third-order valence-electron chi connectivity index (χ3n) is 2.13. The van der Waals surface area contributed by atoms with E-state index in [1.807, 2.05) is 0 Å². The van der Waals surface area contributed by atoms with E-state index in [4.69, 9.17) is 10.2 Å². The van der Waals surface area contributed by atoms with Crippen molar-refractivity contribution in [3.63, 3.8) is 0 Å². The summed E-state index contributed by atoms with van der Waals surface area (Å²) >= 11 is 0. The highest BCUT2D eigenvalue weighted by molar-refractivity contribution is 5.75. The van der Waals surface area contributed by atoms with Gasteiger partial charge in [-0.05, 0) is 25.7 Å². The molecule has 0 unspecified atom stereocenters. The van der Waals surface area contributed by atoms with E-state index in [9.17, 15) is 4.79 Å². The number of hydrogen-bond donors (Lipinski definition) is 2. The lowest BCUT2D eigenvalue weighted by molar-refractivity contribution is -0.130. The SMILES string of the molecule is CN(CCCCCO)C(=O)CCCO. The molecule has 84 valence electrons. The summed E-state index contributed by atoms with van der Waals surface area (Å²) in [6.07, 6.45) is 3.65. The van der Waals surface area contributed by atoms with Crippen LogP contribution >= 0.6 is 0 Å². The predicted molar refractivity (Wildman–Crippen MR) is 54.9 cm³/mol. The molecule has 4 nitrogen and oxygen atoms in total. The van der Waals surface area contributed by atoms with Crippen LogP contribution in [0.5, 0.6) is 0 Å². The van der Waals surface area contributed by atoms with Crippen molar-refractivity contribution in [3.8, 4) is 0 Å². The lowest BCUT2D eigenvalue weighted by Gasteiger charge is -2.16. The number of amides is 1. The van der Waals surface area contributed by atoms with E-state index < -0.39 is 0 Å². The predicted octanol–water partition coefficient (Wildman–Crippen LogP) is 0.380. The Hall–Kier alpha value is -0.610. The smallest absolute Gasteiger partial charge is 0.222 e. The molecule has 0 bridgehead atoms. The van der Waals surface area contributed by atoms with Crippen molar-refractivity contribution in [1.29, 1.82) is 0 Å². The number of unbranched alkanes of at least 4 members (excludes halogenated alkanes) is 2. The number of carbonyl (C=O) groups is 1. The topological polar surface area (TPSA) is 60.8 Å². The average Bonchev–Trinajstić information content (AvgIpc) is 2.20. The molecule has 0 saturated carbocycles. The van der Waals surface area contributed by atoms with Crippen molar-refractivity contribution in [1.82, 2.24) is 4.90 Å². The van der Waals surface area contributed by atoms with Crippen LogP contribution in [0.15, 0.2) is 0 Å². The van der Waals surface area contributed by atoms with Gasteiger partial charge in [-0.15, -0.1) is 0 Å². The fourth-order valence-corrected chi connectivity index (χ4v) is 1.18. The summed E-state index contributed by atoms with van der Waals surface area (Å²) in [5, 5.41) is 17.1. The van der Waals surface area contributed by atoms with Gasteiger partial charge < -0.3 is 15.1 Å². The molecule has 0 radical (unpaired) electrons. The van der Waals surface area contributed by atoms with Crippen molar-refractivity contribution in [2.75, 3.05) is 26.8 Å². The zero-order valence-electron chi connectivity index (χ0n) is 8.91. The molecular weight excluding hydrogens is 182 g/mol. The zero-order chi connectivity index (χ0) is 10.8. The van der Waals surface area contributed by atoms with Gasteiger partial charge in [0.05, 0.1) is 0 Å². The van der Waals surface area contributed by atoms with Gasteiger partial charge in [-0.2, -0.15) is 0 Å². The molecule has 4 heteroatoms. The lowest BCUT2D eigenvalue weighted by atomic mass is 10.2. The summed E-state index contributed by atoms with van der Waals surface area (Å²) < 4.78 is 0. The highest BCUT2D eigenvalue weighted by Crippen LogP contribution is 2.00. The molecule has 1 amide bonds. The molecule has 0 fully saturated rings. The van der Waals surface area contributed by atoms with E-state index in [2.05, 4.69) is 0 Å². The number of nitrogens with zero attached hydrogens (tertiary/aromatic N) is 1. The van der Waals surface area contributed by atoms with Gasteiger partial charge in [0.2, 0.25) is 5.91 Å². The third-order valence-corrected chi connectivity index (χ3v) is 2.13. The maximum absolute atomic E-state index is 11.3. The standard InChI is InChI=1S/C10H21NO3/c1-11(7-3-2-4-8-12)10(14)6-5-9-13/h12-13H,2-9H2,1H3. The van der Waals surface area contributed by atoms with Crippen molar-refractivity contribution >= 4 is 5.91 Å². The van der Waals surface area contributed by atoms with E-state index in [0.717, 1.165) is 25.8 Å². The first-order chi connectivity index (χ1) is 6.72. The van der Waals surface area contributed by atoms with Crippen molar-refractivity contribution in [2.45, 2.75) is 32.1 Å². The van der Waals surface area contributed by atoms with Crippen molar-refractivity contribution < 1.29 is 15.0 Å². The monoisotopic (exact) mass is 203 g/mol. The second kappa shape index (κ2) is 8.97. The van der Waals surface area contributed by atoms with Gasteiger partial charge in [-0.3, -0.25) is 4.79 Å². The van der Waals surface area contributed by atoms with Crippen LogP contribution in [0.1, 0.15) is 32.1 Å². The van der Waals surface area contributed by atoms with Crippen LogP contribution in [0.4, 0.5) is 0 Å². The Kier molecular flexibility index (Phi) is 8.57. The Morgan fingerprint density at radius 2 is 1.71 bits per heavy atom. The molecular formula is C10H21NO3. The Morgan fingerprint density at radius 3 is 2.29 bits per heavy atom. The number of carbonyl (C=O) groups excluding carboxylic acids is 1. The normalized spacial score (nSPS) is 10.2. The van der Waals surface area contributed by atoms with E-state index in [1.165, 1.54) is 0 Å². The molecule has 0 aromatic rings. The second-order valence-electron chi connectivity index (χ2n) is 3.43. The highest BCUT2D eigenvalue weighted by Gasteiger charge is 2.06. The summed E-state index contributed by atoms with van der Waals surface area (Å²) in [6, 6.07) is 0. The molecule has 0 aliphatic rings. The first-order valence-corrected chi connectivity index (χ1v) is 5.18. The molecule has 0 aliphatic heterocycles.